The number of hydrogen-bond acceptors (Lipinski definition) is 6. The van der Waals surface area contributed by atoms with Crippen LogP contribution in [0.5, 0.6) is 0 Å². The van der Waals surface area contributed by atoms with Crippen molar-refractivity contribution in [1.82, 2.24) is 25.1 Å². The highest BCUT2D eigenvalue weighted by molar-refractivity contribution is 5.83. The molecule has 2 rings (SSSR count). The second-order valence-corrected chi connectivity index (χ2v) is 4.39. The monoisotopic (exact) mass is 293 g/mol. The Morgan fingerprint density at radius 3 is 2.86 bits per heavy atom. The van der Waals surface area contributed by atoms with Crippen LogP contribution in [0.3, 0.4) is 0 Å². The number of carboxylic acid groups (broad SMARTS) is 1. The predicted molar refractivity (Wildman–Crippen MR) is 70.0 cm³/mol. The molecule has 0 aliphatic carbocycles. The quantitative estimate of drug-likeness (QED) is 0.812. The molecule has 0 aliphatic heterocycles. The Bertz CT molecular complexity index is 621. The highest BCUT2D eigenvalue weighted by Crippen LogP contribution is 2.13. The van der Waals surface area contributed by atoms with Gasteiger partial charge in [-0.05, 0) is 23.8 Å². The van der Waals surface area contributed by atoms with Crippen molar-refractivity contribution in [3.05, 3.63) is 18.4 Å². The Morgan fingerprint density at radius 2 is 2.29 bits per heavy atom. The van der Waals surface area contributed by atoms with Gasteiger partial charge in [0, 0.05) is 7.05 Å². The van der Waals surface area contributed by atoms with E-state index in [0.29, 0.717) is 12.2 Å². The zero-order valence-corrected chi connectivity index (χ0v) is 11.6. The van der Waals surface area contributed by atoms with Crippen molar-refractivity contribution in [3.8, 4) is 11.6 Å². The number of amides is 1. The van der Waals surface area contributed by atoms with E-state index in [4.69, 9.17) is 9.52 Å². The summed E-state index contributed by atoms with van der Waals surface area (Å²) >= 11 is 0. The number of nitrogens with zero attached hydrogens (tertiary/aromatic N) is 5. The number of likely N-dealkylation sites (N-methyl/N-ethyl adjacent to an activating group) is 1. The van der Waals surface area contributed by atoms with Crippen LogP contribution in [0, 0.1) is 0 Å². The molecule has 0 aromatic carbocycles. The molecule has 21 heavy (non-hydrogen) atoms. The maximum Gasteiger partial charge on any atom is 0.326 e. The molecule has 2 heterocycles. The maximum atomic E-state index is 12.0. The number of carbonyl (C=O) groups excluding carboxylic acids is 1. The molecule has 9 heteroatoms. The molecular weight excluding hydrogens is 278 g/mol. The van der Waals surface area contributed by atoms with E-state index in [1.54, 1.807) is 19.1 Å². The van der Waals surface area contributed by atoms with Crippen molar-refractivity contribution in [3.63, 3.8) is 0 Å². The molecule has 0 spiro atoms. The fourth-order valence-electron chi connectivity index (χ4n) is 1.84. The van der Waals surface area contributed by atoms with E-state index in [1.807, 2.05) is 0 Å². The summed E-state index contributed by atoms with van der Waals surface area (Å²) in [7, 11) is 1.44. The van der Waals surface area contributed by atoms with Gasteiger partial charge in [0.1, 0.15) is 12.6 Å². The van der Waals surface area contributed by atoms with Crippen LogP contribution in [-0.4, -0.2) is 55.2 Å². The minimum atomic E-state index is -1.05. The molecule has 0 aliphatic rings. The Hall–Kier alpha value is -2.71. The number of tetrazole rings is 1. The third-order valence-corrected chi connectivity index (χ3v) is 3.00. The summed E-state index contributed by atoms with van der Waals surface area (Å²) in [5, 5.41) is 20.6. The summed E-state index contributed by atoms with van der Waals surface area (Å²) in [6.45, 7) is 1.51. The Labute approximate surface area is 120 Å². The van der Waals surface area contributed by atoms with Gasteiger partial charge in [-0.1, -0.05) is 6.92 Å². The number of furan rings is 1. The Morgan fingerprint density at radius 1 is 1.52 bits per heavy atom. The number of rotatable bonds is 6. The van der Waals surface area contributed by atoms with Crippen LogP contribution in [0.4, 0.5) is 0 Å². The van der Waals surface area contributed by atoms with Gasteiger partial charge in [-0.3, -0.25) is 4.79 Å². The molecule has 2 aromatic heterocycles. The Balaban J connectivity index is 2.04. The van der Waals surface area contributed by atoms with Crippen LogP contribution in [0.2, 0.25) is 0 Å². The smallest absolute Gasteiger partial charge is 0.326 e. The van der Waals surface area contributed by atoms with Crippen molar-refractivity contribution >= 4 is 11.9 Å². The molecule has 0 radical (unpaired) electrons. The number of carbonyl (C=O) groups is 2. The number of aliphatic carboxylic acids is 1. The topological polar surface area (TPSA) is 114 Å². The molecule has 0 saturated carbocycles. The minimum absolute atomic E-state index is 0.187. The van der Waals surface area contributed by atoms with E-state index in [2.05, 4.69) is 15.4 Å². The first kappa shape index (κ1) is 14.7. The summed E-state index contributed by atoms with van der Waals surface area (Å²) in [5.41, 5.74) is 0. The predicted octanol–water partition coefficient (Wildman–Crippen LogP) is 0.255. The van der Waals surface area contributed by atoms with Gasteiger partial charge in [0.2, 0.25) is 11.7 Å². The van der Waals surface area contributed by atoms with Gasteiger partial charge >= 0.3 is 5.97 Å². The largest absolute Gasteiger partial charge is 0.480 e. The first-order valence-electron chi connectivity index (χ1n) is 6.33. The summed E-state index contributed by atoms with van der Waals surface area (Å²) < 4.78 is 5.12. The van der Waals surface area contributed by atoms with E-state index in [1.165, 1.54) is 13.3 Å². The van der Waals surface area contributed by atoms with Crippen molar-refractivity contribution in [2.24, 2.45) is 0 Å². The van der Waals surface area contributed by atoms with E-state index in [9.17, 15) is 9.59 Å². The average Bonchev–Trinajstić information content (AvgIpc) is 3.08. The van der Waals surface area contributed by atoms with Gasteiger partial charge in [0.15, 0.2) is 5.76 Å². The third-order valence-electron chi connectivity index (χ3n) is 3.00. The Kier molecular flexibility index (Phi) is 4.31. The molecule has 1 atom stereocenters. The second kappa shape index (κ2) is 6.16. The van der Waals surface area contributed by atoms with Crippen LogP contribution in [0.25, 0.3) is 11.6 Å². The average molecular weight is 293 g/mol. The van der Waals surface area contributed by atoms with Crippen LogP contribution in [0.15, 0.2) is 22.8 Å². The lowest BCUT2D eigenvalue weighted by molar-refractivity contribution is -0.149. The zero-order chi connectivity index (χ0) is 15.4. The molecule has 112 valence electrons. The zero-order valence-electron chi connectivity index (χ0n) is 11.6. The first-order valence-corrected chi connectivity index (χ1v) is 6.33. The highest BCUT2D eigenvalue weighted by Gasteiger charge is 2.25. The second-order valence-electron chi connectivity index (χ2n) is 4.39. The highest BCUT2D eigenvalue weighted by atomic mass is 16.4. The van der Waals surface area contributed by atoms with Gasteiger partial charge in [-0.15, -0.1) is 10.2 Å². The normalized spacial score (nSPS) is 12.1. The summed E-state index contributed by atoms with van der Waals surface area (Å²) in [5.74, 6) is -0.747. The number of hydrogen-bond donors (Lipinski definition) is 1. The van der Waals surface area contributed by atoms with E-state index < -0.39 is 17.9 Å². The summed E-state index contributed by atoms with van der Waals surface area (Å²) in [6.07, 6.45) is 1.80. The van der Waals surface area contributed by atoms with Crippen molar-refractivity contribution in [2.75, 3.05) is 7.05 Å². The molecule has 0 fully saturated rings. The first-order chi connectivity index (χ1) is 10.0. The lowest BCUT2D eigenvalue weighted by atomic mass is 10.2. The van der Waals surface area contributed by atoms with Crippen molar-refractivity contribution < 1.29 is 19.1 Å². The summed E-state index contributed by atoms with van der Waals surface area (Å²) in [4.78, 5) is 25.3. The van der Waals surface area contributed by atoms with E-state index in [0.717, 1.165) is 9.70 Å². The van der Waals surface area contributed by atoms with E-state index in [-0.39, 0.29) is 12.4 Å². The molecule has 2 aromatic rings. The van der Waals surface area contributed by atoms with Crippen molar-refractivity contribution in [2.45, 2.75) is 25.9 Å². The fraction of sp³-hybridized carbons (Fsp3) is 0.417. The molecular formula is C12H15N5O4. The lowest BCUT2D eigenvalue weighted by Gasteiger charge is -2.23. The molecule has 0 bridgehead atoms. The van der Waals surface area contributed by atoms with Gasteiger partial charge in [0.05, 0.1) is 6.26 Å². The van der Waals surface area contributed by atoms with Crippen LogP contribution < -0.4 is 0 Å². The lowest BCUT2D eigenvalue weighted by Crippen LogP contribution is -2.43. The van der Waals surface area contributed by atoms with E-state index >= 15 is 0 Å². The third kappa shape index (κ3) is 3.25. The minimum Gasteiger partial charge on any atom is -0.480 e. The van der Waals surface area contributed by atoms with Gasteiger partial charge < -0.3 is 14.4 Å². The van der Waals surface area contributed by atoms with Gasteiger partial charge in [-0.2, -0.15) is 4.80 Å². The molecule has 1 amide bonds. The summed E-state index contributed by atoms with van der Waals surface area (Å²) in [6, 6.07) is 2.49. The van der Waals surface area contributed by atoms with Crippen LogP contribution in [-0.2, 0) is 16.1 Å². The standard InChI is InChI=1S/C12H15N5O4/c1-3-8(12(19)20)16(2)10(18)7-17-14-11(13-15-17)9-5-4-6-21-9/h4-6,8H,3,7H2,1-2H3,(H,19,20). The molecule has 9 nitrogen and oxygen atoms in total. The van der Waals surface area contributed by atoms with Crippen LogP contribution in [0.1, 0.15) is 13.3 Å². The number of aromatic nitrogens is 4. The molecule has 1 N–H and O–H groups in total. The SMILES string of the molecule is CCC(C(=O)O)N(C)C(=O)Cn1nnc(-c2ccco2)n1. The van der Waals surface area contributed by atoms with Crippen molar-refractivity contribution in [1.29, 1.82) is 0 Å². The van der Waals surface area contributed by atoms with Gasteiger partial charge in [-0.25, -0.2) is 4.79 Å². The van der Waals surface area contributed by atoms with Gasteiger partial charge in [0.25, 0.3) is 0 Å². The number of carboxylic acids is 1. The molecule has 1 unspecified atom stereocenters. The fourth-order valence-corrected chi connectivity index (χ4v) is 1.84. The van der Waals surface area contributed by atoms with Crippen LogP contribution >= 0.6 is 0 Å². The molecule has 0 saturated heterocycles. The maximum absolute atomic E-state index is 12.0.